The second-order valence-corrected chi connectivity index (χ2v) is 9.25. The number of hydrogen-bond donors (Lipinski definition) is 1. The Labute approximate surface area is 186 Å². The van der Waals surface area contributed by atoms with Crippen molar-refractivity contribution in [1.82, 2.24) is 20.1 Å². The Kier molecular flexibility index (Phi) is 6.61. The maximum atomic E-state index is 13.3. The van der Waals surface area contributed by atoms with E-state index in [9.17, 15) is 9.18 Å². The van der Waals surface area contributed by atoms with Crippen LogP contribution in [0.15, 0.2) is 64.4 Å². The van der Waals surface area contributed by atoms with Crippen LogP contribution in [-0.2, 0) is 11.3 Å². The number of thioether (sulfide) groups is 1. The van der Waals surface area contributed by atoms with E-state index >= 15 is 0 Å². The predicted octanol–water partition coefficient (Wildman–Crippen LogP) is 5.23. The van der Waals surface area contributed by atoms with E-state index in [1.807, 2.05) is 46.5 Å². The SMILES string of the molecule is CCn1c(SCC(=O)NC(c2ccc(F)cc2)c2cccs2)nnc1-c1cccs1. The molecule has 30 heavy (non-hydrogen) atoms. The van der Waals surface area contributed by atoms with Crippen molar-refractivity contribution in [3.63, 3.8) is 0 Å². The summed E-state index contributed by atoms with van der Waals surface area (Å²) < 4.78 is 15.4. The summed E-state index contributed by atoms with van der Waals surface area (Å²) in [4.78, 5) is 14.8. The van der Waals surface area contributed by atoms with Crippen molar-refractivity contribution in [2.75, 3.05) is 5.75 Å². The molecule has 3 heterocycles. The van der Waals surface area contributed by atoms with Crippen LogP contribution in [0.3, 0.4) is 0 Å². The van der Waals surface area contributed by atoms with Crippen LogP contribution >= 0.6 is 34.4 Å². The van der Waals surface area contributed by atoms with E-state index in [0.29, 0.717) is 5.16 Å². The van der Waals surface area contributed by atoms with Crippen molar-refractivity contribution in [2.45, 2.75) is 24.7 Å². The highest BCUT2D eigenvalue weighted by Gasteiger charge is 2.20. The van der Waals surface area contributed by atoms with Gasteiger partial charge in [-0.15, -0.1) is 32.9 Å². The number of amides is 1. The molecular weight excluding hydrogens is 439 g/mol. The molecule has 0 bridgehead atoms. The molecule has 5 nitrogen and oxygen atoms in total. The maximum Gasteiger partial charge on any atom is 0.231 e. The van der Waals surface area contributed by atoms with Gasteiger partial charge in [0.25, 0.3) is 0 Å². The molecule has 0 saturated heterocycles. The highest BCUT2D eigenvalue weighted by molar-refractivity contribution is 7.99. The molecule has 1 unspecified atom stereocenters. The Bertz CT molecular complexity index is 1090. The van der Waals surface area contributed by atoms with E-state index in [0.717, 1.165) is 27.7 Å². The first-order valence-corrected chi connectivity index (χ1v) is 12.1. The molecule has 0 aliphatic carbocycles. The Morgan fingerprint density at radius 3 is 2.57 bits per heavy atom. The minimum Gasteiger partial charge on any atom is -0.344 e. The minimum absolute atomic E-state index is 0.119. The molecule has 4 aromatic rings. The van der Waals surface area contributed by atoms with Gasteiger partial charge in [0, 0.05) is 11.4 Å². The number of carbonyl (C=O) groups excluding carboxylic acids is 1. The number of nitrogens with one attached hydrogen (secondary N) is 1. The summed E-state index contributed by atoms with van der Waals surface area (Å²) in [6.07, 6.45) is 0. The quantitative estimate of drug-likeness (QED) is 0.368. The lowest BCUT2D eigenvalue weighted by molar-refractivity contribution is -0.119. The number of halogens is 1. The summed E-state index contributed by atoms with van der Waals surface area (Å²) in [7, 11) is 0. The molecule has 1 amide bonds. The molecule has 0 spiro atoms. The first-order chi connectivity index (χ1) is 14.7. The van der Waals surface area contributed by atoms with Crippen molar-refractivity contribution in [1.29, 1.82) is 0 Å². The summed E-state index contributed by atoms with van der Waals surface area (Å²) >= 11 is 4.53. The van der Waals surface area contributed by atoms with E-state index in [-0.39, 0.29) is 23.5 Å². The van der Waals surface area contributed by atoms with Crippen LogP contribution in [0.4, 0.5) is 4.39 Å². The van der Waals surface area contributed by atoms with Gasteiger partial charge in [0.05, 0.1) is 16.7 Å². The van der Waals surface area contributed by atoms with Crippen LogP contribution in [0.25, 0.3) is 10.7 Å². The fourth-order valence-electron chi connectivity index (χ4n) is 3.03. The lowest BCUT2D eigenvalue weighted by Crippen LogP contribution is -2.30. The third-order valence-corrected chi connectivity index (χ3v) is 7.21. The molecule has 9 heteroatoms. The highest BCUT2D eigenvalue weighted by Crippen LogP contribution is 2.28. The molecule has 0 radical (unpaired) electrons. The van der Waals surface area contributed by atoms with Gasteiger partial charge >= 0.3 is 0 Å². The van der Waals surface area contributed by atoms with Crippen LogP contribution in [0.1, 0.15) is 23.4 Å². The Morgan fingerprint density at radius 2 is 1.90 bits per heavy atom. The normalized spacial score (nSPS) is 12.1. The fraction of sp³-hybridized carbons (Fsp3) is 0.190. The van der Waals surface area contributed by atoms with Gasteiger partial charge in [-0.2, -0.15) is 0 Å². The maximum absolute atomic E-state index is 13.3. The van der Waals surface area contributed by atoms with E-state index in [4.69, 9.17) is 0 Å². The third kappa shape index (κ3) is 4.63. The molecule has 154 valence electrons. The molecule has 1 N–H and O–H groups in total. The van der Waals surface area contributed by atoms with Gasteiger partial charge in [-0.25, -0.2) is 4.39 Å². The molecule has 1 atom stereocenters. The smallest absolute Gasteiger partial charge is 0.231 e. The first kappa shape index (κ1) is 20.8. The van der Waals surface area contributed by atoms with Gasteiger partial charge < -0.3 is 9.88 Å². The monoisotopic (exact) mass is 458 g/mol. The zero-order valence-corrected chi connectivity index (χ0v) is 18.6. The van der Waals surface area contributed by atoms with Gasteiger partial charge in [-0.1, -0.05) is 36.0 Å². The van der Waals surface area contributed by atoms with Crippen LogP contribution in [0.2, 0.25) is 0 Å². The Balaban J connectivity index is 1.46. The van der Waals surface area contributed by atoms with Crippen molar-refractivity contribution in [3.8, 4) is 10.7 Å². The van der Waals surface area contributed by atoms with Crippen LogP contribution in [0, 0.1) is 5.82 Å². The summed E-state index contributed by atoms with van der Waals surface area (Å²) in [5, 5.41) is 16.3. The lowest BCUT2D eigenvalue weighted by Gasteiger charge is -2.18. The lowest BCUT2D eigenvalue weighted by atomic mass is 10.1. The van der Waals surface area contributed by atoms with Gasteiger partial charge in [0.2, 0.25) is 5.91 Å². The number of rotatable bonds is 8. The summed E-state index contributed by atoms with van der Waals surface area (Å²) in [6.45, 7) is 2.75. The predicted molar refractivity (Wildman–Crippen MR) is 120 cm³/mol. The first-order valence-electron chi connectivity index (χ1n) is 9.33. The minimum atomic E-state index is -0.315. The van der Waals surface area contributed by atoms with Gasteiger partial charge in [-0.05, 0) is 47.5 Å². The summed E-state index contributed by atoms with van der Waals surface area (Å²) in [5.41, 5.74) is 0.842. The molecule has 3 aromatic heterocycles. The number of aromatic nitrogens is 3. The Morgan fingerprint density at radius 1 is 1.13 bits per heavy atom. The van der Waals surface area contributed by atoms with Crippen molar-refractivity contribution < 1.29 is 9.18 Å². The average molecular weight is 459 g/mol. The molecule has 0 aliphatic heterocycles. The Hall–Kier alpha value is -2.49. The highest BCUT2D eigenvalue weighted by atomic mass is 32.2. The van der Waals surface area contributed by atoms with Crippen molar-refractivity contribution in [2.24, 2.45) is 0 Å². The van der Waals surface area contributed by atoms with Crippen LogP contribution in [0.5, 0.6) is 0 Å². The number of hydrogen-bond acceptors (Lipinski definition) is 6. The van der Waals surface area contributed by atoms with Gasteiger partial charge in [0.1, 0.15) is 5.82 Å². The van der Waals surface area contributed by atoms with Gasteiger partial charge in [0.15, 0.2) is 11.0 Å². The third-order valence-electron chi connectivity index (χ3n) is 4.44. The number of carbonyl (C=O) groups is 1. The molecule has 0 aliphatic rings. The second-order valence-electron chi connectivity index (χ2n) is 6.38. The van der Waals surface area contributed by atoms with E-state index in [1.165, 1.54) is 23.9 Å². The van der Waals surface area contributed by atoms with Crippen molar-refractivity contribution >= 4 is 40.3 Å². The average Bonchev–Trinajstić information content (AvgIpc) is 3.52. The standard InChI is InChI=1S/C21H19FN4OS3/c1-2-26-20(17-6-4-12-29-17)24-25-21(26)30-13-18(27)23-19(16-5-3-11-28-16)14-7-9-15(22)10-8-14/h3-12,19H,2,13H2,1H3,(H,23,27). The van der Waals surface area contributed by atoms with Crippen LogP contribution in [-0.4, -0.2) is 26.4 Å². The largest absolute Gasteiger partial charge is 0.344 e. The summed E-state index contributed by atoms with van der Waals surface area (Å²) in [6, 6.07) is 13.8. The van der Waals surface area contributed by atoms with Gasteiger partial charge in [-0.3, -0.25) is 4.79 Å². The molecule has 4 rings (SSSR count). The van der Waals surface area contributed by atoms with E-state index in [1.54, 1.807) is 34.8 Å². The van der Waals surface area contributed by atoms with E-state index < -0.39 is 0 Å². The van der Waals surface area contributed by atoms with Crippen molar-refractivity contribution in [3.05, 3.63) is 75.5 Å². The number of thiophene rings is 2. The molecule has 1 aromatic carbocycles. The second kappa shape index (κ2) is 9.55. The fourth-order valence-corrected chi connectivity index (χ4v) is 5.36. The number of nitrogens with zero attached hydrogens (tertiary/aromatic N) is 3. The zero-order valence-electron chi connectivity index (χ0n) is 16.1. The van der Waals surface area contributed by atoms with Crippen LogP contribution < -0.4 is 5.32 Å². The number of benzene rings is 1. The molecule has 0 saturated carbocycles. The topological polar surface area (TPSA) is 59.8 Å². The zero-order chi connectivity index (χ0) is 20.9. The molecule has 0 fully saturated rings. The molecular formula is C21H19FN4OS3. The van der Waals surface area contributed by atoms with E-state index in [2.05, 4.69) is 15.5 Å². The summed E-state index contributed by atoms with van der Waals surface area (Å²) in [5.74, 6) is 0.612.